The zero-order valence-corrected chi connectivity index (χ0v) is 18.5. The second kappa shape index (κ2) is 9.78. The predicted octanol–water partition coefficient (Wildman–Crippen LogP) is 3.35. The van der Waals surface area contributed by atoms with Gasteiger partial charge >= 0.3 is 0 Å². The highest BCUT2D eigenvalue weighted by atomic mass is 32.2. The summed E-state index contributed by atoms with van der Waals surface area (Å²) in [5, 5.41) is 2.80. The maximum atomic E-state index is 12.8. The first-order valence-corrected chi connectivity index (χ1v) is 11.5. The molecule has 0 aromatic heterocycles. The van der Waals surface area contributed by atoms with Crippen LogP contribution in [0.2, 0.25) is 0 Å². The van der Waals surface area contributed by atoms with Gasteiger partial charge in [0.15, 0.2) is 0 Å². The van der Waals surface area contributed by atoms with Crippen LogP contribution in [0.3, 0.4) is 0 Å². The van der Waals surface area contributed by atoms with E-state index in [9.17, 15) is 13.2 Å². The molecule has 0 bridgehead atoms. The van der Waals surface area contributed by atoms with Gasteiger partial charge in [-0.05, 0) is 62.6 Å². The number of nitrogens with one attached hydrogen (secondary N) is 1. The summed E-state index contributed by atoms with van der Waals surface area (Å²) in [5.41, 5.74) is 3.53. The molecule has 1 unspecified atom stereocenters. The Kier molecular flexibility index (Phi) is 7.67. The minimum Gasteiger partial charge on any atom is -0.492 e. The minimum absolute atomic E-state index is 0.285. The number of sulfonamides is 1. The summed E-state index contributed by atoms with van der Waals surface area (Å²) in [5.74, 6) is 0.384. The minimum atomic E-state index is -3.64. The van der Waals surface area contributed by atoms with E-state index in [-0.39, 0.29) is 12.5 Å². The lowest BCUT2D eigenvalue weighted by Crippen LogP contribution is -2.50. The quantitative estimate of drug-likeness (QED) is 0.634. The smallest absolute Gasteiger partial charge is 0.244 e. The van der Waals surface area contributed by atoms with Gasteiger partial charge in [0.25, 0.3) is 0 Å². The molecule has 0 spiro atoms. The molecule has 1 N–H and O–H groups in total. The van der Waals surface area contributed by atoms with E-state index < -0.39 is 16.1 Å². The number of ether oxygens (including phenoxy) is 1. The molecule has 0 heterocycles. The summed E-state index contributed by atoms with van der Waals surface area (Å²) in [6, 6.07) is 12.4. The molecule has 7 heteroatoms. The summed E-state index contributed by atoms with van der Waals surface area (Å²) in [7, 11) is -3.64. The molecular weight excluding hydrogens is 388 g/mol. The SMILES string of the molecule is CCC(C(=O)NCCOc1ccc(C)cc1)N(c1cc(C)cc(C)c1)S(C)(=O)=O. The second-order valence-electron chi connectivity index (χ2n) is 7.28. The number of aryl methyl sites for hydroxylation is 3. The van der Waals surface area contributed by atoms with E-state index in [0.29, 0.717) is 18.7 Å². The molecule has 0 saturated carbocycles. The molecule has 29 heavy (non-hydrogen) atoms. The Hall–Kier alpha value is -2.54. The summed E-state index contributed by atoms with van der Waals surface area (Å²) in [4.78, 5) is 12.8. The Bertz CT molecular complexity index is 920. The zero-order chi connectivity index (χ0) is 21.6. The molecule has 6 nitrogen and oxygen atoms in total. The Morgan fingerprint density at radius 1 is 1.03 bits per heavy atom. The lowest BCUT2D eigenvalue weighted by Gasteiger charge is -2.30. The van der Waals surface area contributed by atoms with Gasteiger partial charge in [-0.1, -0.05) is 30.7 Å². The van der Waals surface area contributed by atoms with Crippen molar-refractivity contribution in [1.29, 1.82) is 0 Å². The third kappa shape index (κ3) is 6.49. The standard InChI is InChI=1S/C22H30N2O4S/c1-6-21(22(25)23-11-12-28-20-9-7-16(2)8-10-20)24(29(5,26)27)19-14-17(3)13-18(4)15-19/h7-10,13-15,21H,6,11-12H2,1-5H3,(H,23,25). The van der Waals surface area contributed by atoms with Crippen LogP contribution in [0.15, 0.2) is 42.5 Å². The molecule has 0 radical (unpaired) electrons. The fourth-order valence-electron chi connectivity index (χ4n) is 3.23. The summed E-state index contributed by atoms with van der Waals surface area (Å²) in [6.45, 7) is 8.19. The number of nitrogens with zero attached hydrogens (tertiary/aromatic N) is 1. The van der Waals surface area contributed by atoms with E-state index >= 15 is 0 Å². The van der Waals surface area contributed by atoms with Crippen LogP contribution in [0.4, 0.5) is 5.69 Å². The molecule has 0 fully saturated rings. The number of hydrogen-bond donors (Lipinski definition) is 1. The Balaban J connectivity index is 2.08. The average molecular weight is 419 g/mol. The van der Waals surface area contributed by atoms with Crippen molar-refractivity contribution in [1.82, 2.24) is 5.32 Å². The van der Waals surface area contributed by atoms with Crippen LogP contribution in [0.5, 0.6) is 5.75 Å². The van der Waals surface area contributed by atoms with Gasteiger partial charge < -0.3 is 10.1 Å². The van der Waals surface area contributed by atoms with Crippen LogP contribution in [-0.2, 0) is 14.8 Å². The fourth-order valence-corrected chi connectivity index (χ4v) is 4.43. The van der Waals surface area contributed by atoms with Crippen LogP contribution in [-0.4, -0.2) is 39.8 Å². The fraction of sp³-hybridized carbons (Fsp3) is 0.409. The number of amides is 1. The lowest BCUT2D eigenvalue weighted by atomic mass is 10.1. The van der Waals surface area contributed by atoms with Gasteiger partial charge in [0, 0.05) is 0 Å². The van der Waals surface area contributed by atoms with Crippen molar-refractivity contribution in [3.05, 3.63) is 59.2 Å². The van der Waals surface area contributed by atoms with E-state index in [1.165, 1.54) is 4.31 Å². The van der Waals surface area contributed by atoms with Gasteiger partial charge in [0.2, 0.25) is 15.9 Å². The van der Waals surface area contributed by atoms with Crippen LogP contribution in [0, 0.1) is 20.8 Å². The van der Waals surface area contributed by atoms with E-state index in [1.807, 2.05) is 51.1 Å². The van der Waals surface area contributed by atoms with Crippen molar-refractivity contribution < 1.29 is 17.9 Å². The van der Waals surface area contributed by atoms with Gasteiger partial charge in [0.05, 0.1) is 18.5 Å². The Labute approximate surface area is 173 Å². The van der Waals surface area contributed by atoms with Crippen molar-refractivity contribution in [2.75, 3.05) is 23.7 Å². The molecular formula is C22H30N2O4S. The number of rotatable bonds is 9. The highest BCUT2D eigenvalue weighted by Crippen LogP contribution is 2.25. The molecule has 0 aliphatic carbocycles. The zero-order valence-electron chi connectivity index (χ0n) is 17.7. The molecule has 1 amide bonds. The topological polar surface area (TPSA) is 75.7 Å². The number of anilines is 1. The monoisotopic (exact) mass is 418 g/mol. The highest BCUT2D eigenvalue weighted by Gasteiger charge is 2.31. The predicted molar refractivity (Wildman–Crippen MR) is 117 cm³/mol. The number of carbonyl (C=O) groups is 1. The molecule has 2 aromatic carbocycles. The molecule has 0 aliphatic rings. The highest BCUT2D eigenvalue weighted by molar-refractivity contribution is 7.92. The van der Waals surface area contributed by atoms with Gasteiger partial charge in [-0.15, -0.1) is 0 Å². The van der Waals surface area contributed by atoms with Gasteiger partial charge in [0.1, 0.15) is 18.4 Å². The van der Waals surface area contributed by atoms with Crippen LogP contribution in [0.1, 0.15) is 30.0 Å². The van der Waals surface area contributed by atoms with Crippen molar-refractivity contribution >= 4 is 21.6 Å². The van der Waals surface area contributed by atoms with E-state index in [0.717, 1.165) is 28.7 Å². The first kappa shape index (κ1) is 22.7. The average Bonchev–Trinajstić information content (AvgIpc) is 2.62. The number of benzene rings is 2. The van der Waals surface area contributed by atoms with E-state index in [4.69, 9.17) is 4.74 Å². The molecule has 0 aliphatic heterocycles. The number of carbonyl (C=O) groups excluding carboxylic acids is 1. The Morgan fingerprint density at radius 3 is 2.14 bits per heavy atom. The summed E-state index contributed by atoms with van der Waals surface area (Å²) >= 11 is 0. The maximum Gasteiger partial charge on any atom is 0.244 e. The summed E-state index contributed by atoms with van der Waals surface area (Å²) in [6.07, 6.45) is 1.48. The van der Waals surface area contributed by atoms with Gasteiger partial charge in [-0.3, -0.25) is 9.10 Å². The maximum absolute atomic E-state index is 12.8. The van der Waals surface area contributed by atoms with Crippen LogP contribution < -0.4 is 14.4 Å². The van der Waals surface area contributed by atoms with Crippen LogP contribution >= 0.6 is 0 Å². The van der Waals surface area contributed by atoms with Gasteiger partial charge in [-0.25, -0.2) is 8.42 Å². The van der Waals surface area contributed by atoms with Crippen molar-refractivity contribution in [2.24, 2.45) is 0 Å². The molecule has 2 aromatic rings. The largest absolute Gasteiger partial charge is 0.492 e. The second-order valence-corrected chi connectivity index (χ2v) is 9.14. The molecule has 2 rings (SSSR count). The van der Waals surface area contributed by atoms with Gasteiger partial charge in [-0.2, -0.15) is 0 Å². The van der Waals surface area contributed by atoms with E-state index in [1.54, 1.807) is 19.1 Å². The lowest BCUT2D eigenvalue weighted by molar-refractivity contribution is -0.122. The molecule has 158 valence electrons. The first-order chi connectivity index (χ1) is 13.6. The first-order valence-electron chi connectivity index (χ1n) is 9.66. The summed E-state index contributed by atoms with van der Waals surface area (Å²) < 4.78 is 31.9. The Morgan fingerprint density at radius 2 is 1.62 bits per heavy atom. The molecule has 0 saturated heterocycles. The van der Waals surface area contributed by atoms with Crippen molar-refractivity contribution in [3.8, 4) is 5.75 Å². The van der Waals surface area contributed by atoms with Crippen molar-refractivity contribution in [3.63, 3.8) is 0 Å². The third-order valence-corrected chi connectivity index (χ3v) is 5.66. The third-order valence-electron chi connectivity index (χ3n) is 4.48. The number of hydrogen-bond acceptors (Lipinski definition) is 4. The van der Waals surface area contributed by atoms with Crippen molar-refractivity contribution in [2.45, 2.75) is 40.2 Å². The molecule has 1 atom stereocenters. The normalized spacial score (nSPS) is 12.3. The van der Waals surface area contributed by atoms with Crippen LogP contribution in [0.25, 0.3) is 0 Å². The van der Waals surface area contributed by atoms with E-state index in [2.05, 4.69) is 5.32 Å².